The smallest absolute Gasteiger partial charge is 0.266 e. The maximum absolute atomic E-state index is 12.6. The first kappa shape index (κ1) is 18.9. The normalized spacial score (nSPS) is 17.4. The number of carbonyl (C=O) groups excluding carboxylic acids is 1. The van der Waals surface area contributed by atoms with Crippen LogP contribution in [0.15, 0.2) is 35.5 Å². The van der Waals surface area contributed by atoms with Crippen molar-refractivity contribution in [2.24, 2.45) is 5.41 Å². The van der Waals surface area contributed by atoms with Gasteiger partial charge in [0.15, 0.2) is 0 Å². The highest BCUT2D eigenvalue weighted by atomic mass is 16.5. The first-order valence-corrected chi connectivity index (χ1v) is 8.95. The van der Waals surface area contributed by atoms with E-state index in [1.54, 1.807) is 18.3 Å². The highest BCUT2D eigenvalue weighted by Crippen LogP contribution is 2.18. The van der Waals surface area contributed by atoms with Crippen LogP contribution in [0.2, 0.25) is 0 Å². The van der Waals surface area contributed by atoms with Gasteiger partial charge in [0, 0.05) is 11.6 Å². The summed E-state index contributed by atoms with van der Waals surface area (Å²) in [6.45, 7) is 5.85. The van der Waals surface area contributed by atoms with Crippen molar-refractivity contribution in [2.45, 2.75) is 39.8 Å². The molecule has 1 amide bonds. The summed E-state index contributed by atoms with van der Waals surface area (Å²) in [7, 11) is 0. The fraction of sp³-hybridized carbons (Fsp3) is 0.421. The summed E-state index contributed by atoms with van der Waals surface area (Å²) < 4.78 is 7.07. The van der Waals surface area contributed by atoms with Crippen molar-refractivity contribution in [1.29, 1.82) is 0 Å². The lowest BCUT2D eigenvalue weighted by Gasteiger charge is -2.19. The number of rotatable bonds is 5. The number of nitrogens with one attached hydrogen (secondary N) is 3. The van der Waals surface area contributed by atoms with Gasteiger partial charge in [-0.2, -0.15) is 0 Å². The van der Waals surface area contributed by atoms with Gasteiger partial charge in [-0.05, 0) is 31.2 Å². The zero-order valence-electron chi connectivity index (χ0n) is 15.8. The standard InChI is InChI=1S/C19H25N5O3/c1-19(2,3)18(26)23-14-11-13-16(22-14)21-12-24(17(13)25)9-6-10-27-15-7-4-5-8-20-15/h5-6,8-9,11-12,15,20,22H,4,7,10H2,1-3H3,(H,23,26). The van der Waals surface area contributed by atoms with E-state index < -0.39 is 5.41 Å². The molecule has 27 heavy (non-hydrogen) atoms. The third-order valence-corrected chi connectivity index (χ3v) is 4.16. The Morgan fingerprint density at radius 2 is 2.30 bits per heavy atom. The molecular formula is C19H25N5O3. The Labute approximate surface area is 157 Å². The zero-order chi connectivity index (χ0) is 19.4. The van der Waals surface area contributed by atoms with E-state index in [4.69, 9.17) is 4.74 Å². The van der Waals surface area contributed by atoms with E-state index in [1.165, 1.54) is 10.9 Å². The summed E-state index contributed by atoms with van der Waals surface area (Å²) in [6.07, 6.45) is 10.7. The van der Waals surface area contributed by atoms with Crippen LogP contribution < -0.4 is 16.2 Å². The van der Waals surface area contributed by atoms with Crippen LogP contribution in [0.4, 0.5) is 5.82 Å². The summed E-state index contributed by atoms with van der Waals surface area (Å²) in [5.74, 6) is 0.314. The van der Waals surface area contributed by atoms with E-state index in [1.807, 2.05) is 27.0 Å². The molecule has 3 heterocycles. The molecule has 2 aromatic heterocycles. The number of carbonyl (C=O) groups is 1. The van der Waals surface area contributed by atoms with E-state index in [-0.39, 0.29) is 17.7 Å². The van der Waals surface area contributed by atoms with Crippen LogP contribution >= 0.6 is 0 Å². The number of aromatic amines is 1. The van der Waals surface area contributed by atoms with Crippen LogP contribution in [-0.4, -0.2) is 33.3 Å². The van der Waals surface area contributed by atoms with Crippen molar-refractivity contribution in [1.82, 2.24) is 19.9 Å². The van der Waals surface area contributed by atoms with Crippen LogP contribution in [-0.2, 0) is 9.53 Å². The number of H-pyrrole nitrogens is 1. The molecular weight excluding hydrogens is 346 g/mol. The van der Waals surface area contributed by atoms with Gasteiger partial charge in [-0.1, -0.05) is 26.8 Å². The van der Waals surface area contributed by atoms with E-state index in [0.29, 0.717) is 23.5 Å². The number of fused-ring (bicyclic) bond motifs is 1. The number of nitrogens with zero attached hydrogens (tertiary/aromatic N) is 2. The van der Waals surface area contributed by atoms with Gasteiger partial charge in [0.2, 0.25) is 5.91 Å². The Kier molecular flexibility index (Phi) is 5.46. The lowest BCUT2D eigenvalue weighted by Crippen LogP contribution is -2.29. The molecule has 3 N–H and O–H groups in total. The molecule has 8 heteroatoms. The maximum Gasteiger partial charge on any atom is 0.266 e. The number of ether oxygens (including phenoxy) is 1. The minimum absolute atomic E-state index is 0.00404. The highest BCUT2D eigenvalue weighted by molar-refractivity contribution is 5.96. The topological polar surface area (TPSA) is 101 Å². The van der Waals surface area contributed by atoms with Crippen LogP contribution in [0.5, 0.6) is 0 Å². The van der Waals surface area contributed by atoms with Crippen molar-refractivity contribution in [3.05, 3.63) is 41.1 Å². The van der Waals surface area contributed by atoms with Crippen molar-refractivity contribution in [3.63, 3.8) is 0 Å². The molecule has 0 aromatic carbocycles. The molecule has 0 bridgehead atoms. The summed E-state index contributed by atoms with van der Waals surface area (Å²) in [5.41, 5.74) is -0.317. The van der Waals surface area contributed by atoms with Gasteiger partial charge in [-0.3, -0.25) is 14.2 Å². The lowest BCUT2D eigenvalue weighted by atomic mass is 9.96. The Balaban J connectivity index is 1.69. The molecule has 144 valence electrons. The van der Waals surface area contributed by atoms with E-state index in [9.17, 15) is 9.59 Å². The van der Waals surface area contributed by atoms with Gasteiger partial charge in [-0.25, -0.2) is 4.98 Å². The van der Waals surface area contributed by atoms with Crippen molar-refractivity contribution in [3.8, 4) is 0 Å². The second-order valence-electron chi connectivity index (χ2n) is 7.46. The molecule has 0 spiro atoms. The fourth-order valence-corrected chi connectivity index (χ4v) is 2.55. The Morgan fingerprint density at radius 3 is 3.00 bits per heavy atom. The largest absolute Gasteiger partial charge is 0.367 e. The molecule has 0 radical (unpaired) electrons. The van der Waals surface area contributed by atoms with Crippen LogP contribution in [0.1, 0.15) is 33.6 Å². The predicted molar refractivity (Wildman–Crippen MR) is 105 cm³/mol. The van der Waals surface area contributed by atoms with Gasteiger partial charge in [0.05, 0.1) is 12.0 Å². The monoisotopic (exact) mass is 371 g/mol. The number of hydrogen-bond acceptors (Lipinski definition) is 5. The predicted octanol–water partition coefficient (Wildman–Crippen LogP) is 2.42. The third-order valence-electron chi connectivity index (χ3n) is 4.16. The third kappa shape index (κ3) is 4.65. The molecule has 1 unspecified atom stereocenters. The number of allylic oxidation sites excluding steroid dienone is 1. The van der Waals surface area contributed by atoms with E-state index in [2.05, 4.69) is 26.7 Å². The Hall–Kier alpha value is -2.87. The Morgan fingerprint density at radius 1 is 1.48 bits per heavy atom. The van der Waals surface area contributed by atoms with Gasteiger partial charge in [-0.15, -0.1) is 0 Å². The minimum atomic E-state index is -0.531. The average molecular weight is 371 g/mol. The summed E-state index contributed by atoms with van der Waals surface area (Å²) in [6, 6.07) is 1.60. The second-order valence-corrected chi connectivity index (χ2v) is 7.46. The molecule has 1 atom stereocenters. The second kappa shape index (κ2) is 7.79. The van der Waals surface area contributed by atoms with Crippen molar-refractivity contribution < 1.29 is 9.53 Å². The van der Waals surface area contributed by atoms with E-state index >= 15 is 0 Å². The summed E-state index contributed by atoms with van der Waals surface area (Å²) >= 11 is 0. The van der Waals surface area contributed by atoms with Crippen molar-refractivity contribution in [2.75, 3.05) is 11.9 Å². The van der Waals surface area contributed by atoms with Gasteiger partial charge < -0.3 is 20.4 Å². The maximum atomic E-state index is 12.6. The van der Waals surface area contributed by atoms with Crippen LogP contribution in [0.25, 0.3) is 17.2 Å². The number of amides is 1. The molecule has 0 aliphatic carbocycles. The first-order chi connectivity index (χ1) is 12.8. The molecule has 0 fully saturated rings. The van der Waals surface area contributed by atoms with Gasteiger partial charge in [0.25, 0.3) is 5.56 Å². The highest BCUT2D eigenvalue weighted by Gasteiger charge is 2.22. The zero-order valence-corrected chi connectivity index (χ0v) is 15.8. The summed E-state index contributed by atoms with van der Waals surface area (Å²) in [5, 5.41) is 6.31. The fourth-order valence-electron chi connectivity index (χ4n) is 2.55. The molecule has 0 saturated carbocycles. The minimum Gasteiger partial charge on any atom is -0.367 e. The number of anilines is 1. The summed E-state index contributed by atoms with van der Waals surface area (Å²) in [4.78, 5) is 31.9. The molecule has 0 saturated heterocycles. The molecule has 2 aromatic rings. The first-order valence-electron chi connectivity index (χ1n) is 8.95. The van der Waals surface area contributed by atoms with Gasteiger partial charge >= 0.3 is 0 Å². The van der Waals surface area contributed by atoms with Crippen LogP contribution in [0.3, 0.4) is 0 Å². The quantitative estimate of drug-likeness (QED) is 0.749. The lowest BCUT2D eigenvalue weighted by molar-refractivity contribution is -0.123. The molecule has 1 aliphatic rings. The van der Waals surface area contributed by atoms with Crippen LogP contribution in [0, 0.1) is 5.41 Å². The number of hydrogen-bond donors (Lipinski definition) is 3. The molecule has 1 aliphatic heterocycles. The molecule has 3 rings (SSSR count). The van der Waals surface area contributed by atoms with Crippen molar-refractivity contribution >= 4 is 29.0 Å². The number of aromatic nitrogens is 3. The SMILES string of the molecule is CC(C)(C)C(=O)Nc1cc2c(=O)n(C=CCOC3CCC=CN3)cnc2[nH]1. The van der Waals surface area contributed by atoms with E-state index in [0.717, 1.165) is 12.8 Å². The molecule has 8 nitrogen and oxygen atoms in total. The average Bonchev–Trinajstić information content (AvgIpc) is 3.04. The Bertz CT molecular complexity index is 933. The van der Waals surface area contributed by atoms with Gasteiger partial charge in [0.1, 0.15) is 24.0 Å².